The van der Waals surface area contributed by atoms with Gasteiger partial charge in [-0.2, -0.15) is 0 Å². The van der Waals surface area contributed by atoms with Crippen molar-refractivity contribution in [2.45, 2.75) is 0 Å². The molecule has 0 radical (unpaired) electrons. The summed E-state index contributed by atoms with van der Waals surface area (Å²) in [5.41, 5.74) is -1.98. The number of non-ortho nitro benzene ring substituents is 1. The maximum Gasteiger partial charge on any atom is 0.296 e. The first-order chi connectivity index (χ1) is 10.3. The van der Waals surface area contributed by atoms with E-state index >= 15 is 0 Å². The Morgan fingerprint density at radius 3 is 2.41 bits per heavy atom. The summed E-state index contributed by atoms with van der Waals surface area (Å²) in [6.45, 7) is 0. The topological polar surface area (TPSA) is 125 Å². The number of pyridine rings is 1. The van der Waals surface area contributed by atoms with Gasteiger partial charge in [0, 0.05) is 30.8 Å². The maximum atomic E-state index is 12.3. The number of rotatable bonds is 4. The fourth-order valence-electron chi connectivity index (χ4n) is 1.86. The van der Waals surface area contributed by atoms with Gasteiger partial charge in [-0.3, -0.25) is 29.8 Å². The molecule has 1 aromatic carbocycles. The quantitative estimate of drug-likeness (QED) is 0.478. The number of carbonyl (C=O) groups excluding carboxylic acids is 1. The normalized spacial score (nSPS) is 10.2. The van der Waals surface area contributed by atoms with Crippen molar-refractivity contribution in [2.24, 2.45) is 7.05 Å². The van der Waals surface area contributed by atoms with Crippen molar-refractivity contribution in [1.82, 2.24) is 4.57 Å². The molecule has 0 saturated heterocycles. The highest BCUT2D eigenvalue weighted by Crippen LogP contribution is 2.22. The van der Waals surface area contributed by atoms with Gasteiger partial charge in [0.2, 0.25) is 0 Å². The van der Waals surface area contributed by atoms with Gasteiger partial charge in [0.1, 0.15) is 5.56 Å². The molecule has 9 nitrogen and oxygen atoms in total. The van der Waals surface area contributed by atoms with Crippen molar-refractivity contribution < 1.29 is 14.6 Å². The van der Waals surface area contributed by atoms with Gasteiger partial charge in [-0.15, -0.1) is 0 Å². The Morgan fingerprint density at radius 2 is 1.82 bits per heavy atom. The zero-order chi connectivity index (χ0) is 16.4. The van der Waals surface area contributed by atoms with E-state index in [9.17, 15) is 29.8 Å². The smallest absolute Gasteiger partial charge is 0.296 e. The molecule has 0 unspecified atom stereocenters. The molecule has 22 heavy (non-hydrogen) atoms. The van der Waals surface area contributed by atoms with Crippen LogP contribution in [0.15, 0.2) is 41.3 Å². The van der Waals surface area contributed by atoms with E-state index in [-0.39, 0.29) is 11.3 Å². The molecule has 0 spiro atoms. The predicted molar refractivity (Wildman–Crippen MR) is 74.9 cm³/mol. The first-order valence-electron chi connectivity index (χ1n) is 5.95. The summed E-state index contributed by atoms with van der Waals surface area (Å²) in [5.74, 6) is -0.826. The van der Waals surface area contributed by atoms with Crippen molar-refractivity contribution in [1.29, 1.82) is 0 Å². The minimum atomic E-state index is -0.826. The summed E-state index contributed by atoms with van der Waals surface area (Å²) >= 11 is 0. The van der Waals surface area contributed by atoms with E-state index < -0.39 is 32.4 Å². The number of aryl methyl sites for hydroxylation is 1. The Hall–Kier alpha value is -3.36. The SMILES string of the molecule is Cn1cc([N+](=O)[O-])c(C(=O)c2cccc([N+](=O)[O-])c2)cc1=O. The number of nitro benzene ring substituents is 1. The lowest BCUT2D eigenvalue weighted by Crippen LogP contribution is -2.19. The summed E-state index contributed by atoms with van der Waals surface area (Å²) in [7, 11) is 1.32. The van der Waals surface area contributed by atoms with E-state index in [1.165, 1.54) is 25.2 Å². The minimum absolute atomic E-state index is 0.106. The van der Waals surface area contributed by atoms with Crippen molar-refractivity contribution in [3.05, 3.63) is 78.2 Å². The standard InChI is InChI=1S/C13H9N3O6/c1-14-7-11(16(21)22)10(6-12(14)17)13(18)8-3-2-4-9(5-8)15(19)20/h2-7H,1H3. The van der Waals surface area contributed by atoms with Gasteiger partial charge in [0.25, 0.3) is 16.9 Å². The van der Waals surface area contributed by atoms with Gasteiger partial charge < -0.3 is 4.57 Å². The number of nitrogens with zero attached hydrogens (tertiary/aromatic N) is 3. The number of nitro groups is 2. The van der Waals surface area contributed by atoms with Gasteiger partial charge in [0.15, 0.2) is 5.78 Å². The molecule has 2 aromatic rings. The summed E-state index contributed by atoms with van der Waals surface area (Å²) in [6.07, 6.45) is 0.937. The fourth-order valence-corrected chi connectivity index (χ4v) is 1.86. The fraction of sp³-hybridized carbons (Fsp3) is 0.0769. The van der Waals surface area contributed by atoms with Gasteiger partial charge in [0.05, 0.1) is 16.0 Å². The van der Waals surface area contributed by atoms with Crippen LogP contribution in [-0.2, 0) is 7.05 Å². The molecule has 9 heteroatoms. The monoisotopic (exact) mass is 303 g/mol. The van der Waals surface area contributed by atoms with E-state index in [0.717, 1.165) is 22.9 Å². The van der Waals surface area contributed by atoms with Crippen LogP contribution in [0, 0.1) is 20.2 Å². The Bertz CT molecular complexity index is 855. The average molecular weight is 303 g/mol. The second-order valence-electron chi connectivity index (χ2n) is 4.42. The Morgan fingerprint density at radius 1 is 1.14 bits per heavy atom. The molecular weight excluding hydrogens is 294 g/mol. The Kier molecular flexibility index (Phi) is 3.80. The molecule has 0 saturated carbocycles. The highest BCUT2D eigenvalue weighted by Gasteiger charge is 2.24. The summed E-state index contributed by atoms with van der Waals surface area (Å²) in [4.78, 5) is 44.2. The molecule has 112 valence electrons. The van der Waals surface area contributed by atoms with Crippen molar-refractivity contribution in [3.8, 4) is 0 Å². The van der Waals surface area contributed by atoms with E-state index in [1.54, 1.807) is 0 Å². The Labute approximate surface area is 122 Å². The highest BCUT2D eigenvalue weighted by molar-refractivity contribution is 6.11. The van der Waals surface area contributed by atoms with Crippen LogP contribution < -0.4 is 5.56 Å². The van der Waals surface area contributed by atoms with Gasteiger partial charge in [-0.05, 0) is 0 Å². The molecule has 0 bridgehead atoms. The van der Waals surface area contributed by atoms with E-state index in [4.69, 9.17) is 0 Å². The van der Waals surface area contributed by atoms with E-state index in [1.807, 2.05) is 0 Å². The number of carbonyl (C=O) groups is 1. The summed E-state index contributed by atoms with van der Waals surface area (Å²) in [5, 5.41) is 21.7. The molecule has 1 aromatic heterocycles. The molecule has 0 atom stereocenters. The van der Waals surface area contributed by atoms with Crippen LogP contribution in [0.3, 0.4) is 0 Å². The van der Waals surface area contributed by atoms with Crippen LogP contribution >= 0.6 is 0 Å². The molecule has 0 aliphatic rings. The molecule has 0 N–H and O–H groups in total. The van der Waals surface area contributed by atoms with Gasteiger partial charge >= 0.3 is 0 Å². The van der Waals surface area contributed by atoms with Crippen LogP contribution in [0.5, 0.6) is 0 Å². The predicted octanol–water partition coefficient (Wildman–Crippen LogP) is 1.43. The second kappa shape index (κ2) is 5.56. The van der Waals surface area contributed by atoms with Crippen LogP contribution in [0.1, 0.15) is 15.9 Å². The van der Waals surface area contributed by atoms with Crippen LogP contribution in [0.2, 0.25) is 0 Å². The molecule has 0 amide bonds. The summed E-state index contributed by atoms with van der Waals surface area (Å²) < 4.78 is 0.975. The maximum absolute atomic E-state index is 12.3. The number of hydrogen-bond acceptors (Lipinski definition) is 6. The zero-order valence-electron chi connectivity index (χ0n) is 11.3. The summed E-state index contributed by atoms with van der Waals surface area (Å²) in [6, 6.07) is 5.62. The number of benzene rings is 1. The van der Waals surface area contributed by atoms with Crippen LogP contribution in [0.25, 0.3) is 0 Å². The largest absolute Gasteiger partial charge is 0.312 e. The van der Waals surface area contributed by atoms with Crippen molar-refractivity contribution in [2.75, 3.05) is 0 Å². The second-order valence-corrected chi connectivity index (χ2v) is 4.42. The lowest BCUT2D eigenvalue weighted by molar-refractivity contribution is -0.385. The molecule has 1 heterocycles. The van der Waals surface area contributed by atoms with Crippen LogP contribution in [-0.4, -0.2) is 20.2 Å². The third-order valence-corrected chi connectivity index (χ3v) is 2.97. The molecular formula is C13H9N3O6. The van der Waals surface area contributed by atoms with Crippen molar-refractivity contribution in [3.63, 3.8) is 0 Å². The first kappa shape index (κ1) is 15.0. The average Bonchev–Trinajstić information content (AvgIpc) is 2.48. The highest BCUT2D eigenvalue weighted by atomic mass is 16.6. The lowest BCUT2D eigenvalue weighted by atomic mass is 10.0. The molecule has 0 fully saturated rings. The van der Waals surface area contributed by atoms with E-state index in [2.05, 4.69) is 0 Å². The first-order valence-corrected chi connectivity index (χ1v) is 5.95. The lowest BCUT2D eigenvalue weighted by Gasteiger charge is -2.04. The Balaban J connectivity index is 2.61. The third-order valence-electron chi connectivity index (χ3n) is 2.97. The van der Waals surface area contributed by atoms with Crippen molar-refractivity contribution >= 4 is 17.2 Å². The molecule has 0 aliphatic carbocycles. The number of aromatic nitrogens is 1. The number of hydrogen-bond donors (Lipinski definition) is 0. The van der Waals surface area contributed by atoms with E-state index in [0.29, 0.717) is 0 Å². The minimum Gasteiger partial charge on any atom is -0.312 e. The van der Waals surface area contributed by atoms with Gasteiger partial charge in [-0.25, -0.2) is 0 Å². The van der Waals surface area contributed by atoms with Gasteiger partial charge in [-0.1, -0.05) is 12.1 Å². The van der Waals surface area contributed by atoms with Crippen LogP contribution in [0.4, 0.5) is 11.4 Å². The molecule has 0 aliphatic heterocycles. The third kappa shape index (κ3) is 2.73. The number of ketones is 1. The zero-order valence-corrected chi connectivity index (χ0v) is 11.3. The molecule has 2 rings (SSSR count).